The quantitative estimate of drug-likeness (QED) is 0.558. The minimum atomic E-state index is -1.25. The van der Waals surface area contributed by atoms with Crippen LogP contribution in [-0.2, 0) is 4.79 Å². The van der Waals surface area contributed by atoms with Crippen molar-refractivity contribution < 1.29 is 15.0 Å². The van der Waals surface area contributed by atoms with Crippen molar-refractivity contribution >= 4 is 5.91 Å². The number of amides is 1. The van der Waals surface area contributed by atoms with Gasteiger partial charge in [-0.15, -0.1) is 0 Å². The van der Waals surface area contributed by atoms with E-state index in [0.717, 1.165) is 0 Å². The van der Waals surface area contributed by atoms with E-state index >= 15 is 0 Å². The van der Waals surface area contributed by atoms with Gasteiger partial charge in [-0.25, -0.2) is 0 Å². The number of aliphatic hydroxyl groups excluding tert-OH is 2. The molecule has 0 aliphatic rings. The van der Waals surface area contributed by atoms with Crippen molar-refractivity contribution in [2.75, 3.05) is 0 Å². The minimum Gasteiger partial charge on any atom is -0.389 e. The molecule has 0 saturated heterocycles. The van der Waals surface area contributed by atoms with E-state index in [2.05, 4.69) is 9.97 Å². The molecule has 6 nitrogen and oxygen atoms in total. The van der Waals surface area contributed by atoms with Crippen molar-refractivity contribution in [3.8, 4) is 0 Å². The molecule has 2 unspecified atom stereocenters. The highest BCUT2D eigenvalue weighted by molar-refractivity contribution is 5.74. The Morgan fingerprint density at radius 2 is 2.21 bits per heavy atom. The van der Waals surface area contributed by atoms with Crippen LogP contribution in [0.25, 0.3) is 0 Å². The fraction of sp³-hybridized carbons (Fsp3) is 0.375. The lowest BCUT2D eigenvalue weighted by Crippen LogP contribution is -2.26. The number of carbonyl (C=O) groups excluding carboxylic acids is 1. The molecule has 1 aromatic heterocycles. The largest absolute Gasteiger partial charge is 0.389 e. The van der Waals surface area contributed by atoms with Crippen LogP contribution in [0.5, 0.6) is 0 Å². The SMILES string of the molecule is NC(=O)CC(O)C(O)c1cnccn1. The van der Waals surface area contributed by atoms with Crippen LogP contribution < -0.4 is 5.73 Å². The third kappa shape index (κ3) is 2.75. The Kier molecular flexibility index (Phi) is 3.49. The molecule has 0 fully saturated rings. The number of primary amides is 1. The van der Waals surface area contributed by atoms with E-state index in [-0.39, 0.29) is 12.1 Å². The second-order valence-corrected chi connectivity index (χ2v) is 2.81. The summed E-state index contributed by atoms with van der Waals surface area (Å²) >= 11 is 0. The normalized spacial score (nSPS) is 14.7. The number of aliphatic hydroxyl groups is 2. The summed E-state index contributed by atoms with van der Waals surface area (Å²) in [4.78, 5) is 18.0. The van der Waals surface area contributed by atoms with Gasteiger partial charge in [0.1, 0.15) is 6.10 Å². The molecule has 1 heterocycles. The Morgan fingerprint density at radius 3 is 2.71 bits per heavy atom. The second-order valence-electron chi connectivity index (χ2n) is 2.81. The van der Waals surface area contributed by atoms with Gasteiger partial charge in [0, 0.05) is 12.4 Å². The molecule has 0 spiro atoms. The molecule has 2 atom stereocenters. The van der Waals surface area contributed by atoms with E-state index in [4.69, 9.17) is 5.73 Å². The van der Waals surface area contributed by atoms with Crippen LogP contribution in [0.4, 0.5) is 0 Å². The Bertz CT molecular complexity index is 304. The van der Waals surface area contributed by atoms with Gasteiger partial charge in [-0.05, 0) is 0 Å². The highest BCUT2D eigenvalue weighted by Gasteiger charge is 2.21. The third-order valence-corrected chi connectivity index (χ3v) is 1.66. The summed E-state index contributed by atoms with van der Waals surface area (Å²) in [5.74, 6) is -0.680. The summed E-state index contributed by atoms with van der Waals surface area (Å²) in [5, 5.41) is 18.8. The summed E-state index contributed by atoms with van der Waals surface area (Å²) < 4.78 is 0. The highest BCUT2D eigenvalue weighted by atomic mass is 16.3. The number of nitrogens with zero attached hydrogens (tertiary/aromatic N) is 2. The minimum absolute atomic E-state index is 0.209. The zero-order chi connectivity index (χ0) is 10.6. The average molecular weight is 197 g/mol. The zero-order valence-corrected chi connectivity index (χ0v) is 7.37. The van der Waals surface area contributed by atoms with Crippen molar-refractivity contribution in [3.05, 3.63) is 24.3 Å². The molecule has 0 radical (unpaired) electrons. The molecule has 1 amide bonds. The van der Waals surface area contributed by atoms with E-state index in [1.54, 1.807) is 0 Å². The number of hydrogen-bond acceptors (Lipinski definition) is 5. The standard InChI is InChI=1S/C8H11N3O3/c9-7(13)3-6(12)8(14)5-4-10-1-2-11-5/h1-2,4,6,8,12,14H,3H2,(H2,9,13). The fourth-order valence-corrected chi connectivity index (χ4v) is 0.978. The lowest BCUT2D eigenvalue weighted by Gasteiger charge is -2.14. The van der Waals surface area contributed by atoms with E-state index in [0.29, 0.717) is 0 Å². The molecule has 6 heteroatoms. The molecule has 0 saturated carbocycles. The molecular weight excluding hydrogens is 186 g/mol. The van der Waals surface area contributed by atoms with Crippen molar-refractivity contribution in [2.45, 2.75) is 18.6 Å². The molecule has 14 heavy (non-hydrogen) atoms. The maximum atomic E-state index is 10.5. The number of nitrogens with two attached hydrogens (primary N) is 1. The van der Waals surface area contributed by atoms with Gasteiger partial charge in [-0.1, -0.05) is 0 Å². The lowest BCUT2D eigenvalue weighted by molar-refractivity contribution is -0.121. The zero-order valence-electron chi connectivity index (χ0n) is 7.37. The van der Waals surface area contributed by atoms with E-state index in [9.17, 15) is 15.0 Å². The summed E-state index contributed by atoms with van der Waals surface area (Å²) in [6, 6.07) is 0. The van der Waals surface area contributed by atoms with Crippen molar-refractivity contribution in [1.82, 2.24) is 9.97 Å². The van der Waals surface area contributed by atoms with Crippen molar-refractivity contribution in [3.63, 3.8) is 0 Å². The van der Waals surface area contributed by atoms with Crippen LogP contribution in [0.1, 0.15) is 18.2 Å². The lowest BCUT2D eigenvalue weighted by atomic mass is 10.1. The van der Waals surface area contributed by atoms with Crippen molar-refractivity contribution in [2.24, 2.45) is 5.73 Å². The summed E-state index contributed by atoms with van der Waals surface area (Å²) in [6.45, 7) is 0. The van der Waals surface area contributed by atoms with Gasteiger partial charge in [0.05, 0.1) is 24.4 Å². The first-order chi connectivity index (χ1) is 6.61. The van der Waals surface area contributed by atoms with Gasteiger partial charge in [0.25, 0.3) is 0 Å². The number of carbonyl (C=O) groups is 1. The summed E-state index contributed by atoms with van der Waals surface area (Å²) in [7, 11) is 0. The molecular formula is C8H11N3O3. The third-order valence-electron chi connectivity index (χ3n) is 1.66. The first kappa shape index (κ1) is 10.6. The number of hydrogen-bond donors (Lipinski definition) is 3. The molecule has 76 valence electrons. The molecule has 0 aromatic carbocycles. The van der Waals surface area contributed by atoms with Crippen LogP contribution in [-0.4, -0.2) is 32.2 Å². The monoisotopic (exact) mass is 197 g/mol. The maximum Gasteiger partial charge on any atom is 0.220 e. The molecule has 0 bridgehead atoms. The summed E-state index contributed by atoms with van der Waals surface area (Å²) in [5.41, 5.74) is 5.07. The van der Waals surface area contributed by atoms with Gasteiger partial charge < -0.3 is 15.9 Å². The van der Waals surface area contributed by atoms with E-state index < -0.39 is 18.1 Å². The predicted molar refractivity (Wildman–Crippen MR) is 46.8 cm³/mol. The Labute approximate surface area is 80.4 Å². The highest BCUT2D eigenvalue weighted by Crippen LogP contribution is 2.14. The smallest absolute Gasteiger partial charge is 0.220 e. The van der Waals surface area contributed by atoms with E-state index in [1.165, 1.54) is 18.6 Å². The van der Waals surface area contributed by atoms with Crippen LogP contribution in [0.3, 0.4) is 0 Å². The topological polar surface area (TPSA) is 109 Å². The van der Waals surface area contributed by atoms with Gasteiger partial charge in [0.2, 0.25) is 5.91 Å². The molecule has 0 aliphatic heterocycles. The number of rotatable bonds is 4. The van der Waals surface area contributed by atoms with Crippen molar-refractivity contribution in [1.29, 1.82) is 0 Å². The van der Waals surface area contributed by atoms with Gasteiger partial charge in [-0.2, -0.15) is 0 Å². The first-order valence-corrected chi connectivity index (χ1v) is 4.01. The fourth-order valence-electron chi connectivity index (χ4n) is 0.978. The van der Waals surface area contributed by atoms with Crippen LogP contribution in [0.2, 0.25) is 0 Å². The van der Waals surface area contributed by atoms with Gasteiger partial charge >= 0.3 is 0 Å². The predicted octanol–water partition coefficient (Wildman–Crippen LogP) is -1.25. The summed E-state index contributed by atoms with van der Waals surface area (Å²) in [6.07, 6.45) is 1.35. The number of aromatic nitrogens is 2. The molecule has 1 aromatic rings. The van der Waals surface area contributed by atoms with Gasteiger partial charge in [-0.3, -0.25) is 14.8 Å². The Hall–Kier alpha value is -1.53. The first-order valence-electron chi connectivity index (χ1n) is 4.01. The van der Waals surface area contributed by atoms with Crippen LogP contribution >= 0.6 is 0 Å². The molecule has 0 aliphatic carbocycles. The Morgan fingerprint density at radius 1 is 1.50 bits per heavy atom. The van der Waals surface area contributed by atoms with Crippen LogP contribution in [0, 0.1) is 0 Å². The molecule has 4 N–H and O–H groups in total. The van der Waals surface area contributed by atoms with Gasteiger partial charge in [0.15, 0.2) is 0 Å². The van der Waals surface area contributed by atoms with E-state index in [1.807, 2.05) is 0 Å². The maximum absolute atomic E-state index is 10.5. The van der Waals surface area contributed by atoms with Crippen LogP contribution in [0.15, 0.2) is 18.6 Å². The molecule has 1 rings (SSSR count). The Balaban J connectivity index is 2.65. The second kappa shape index (κ2) is 4.64. The average Bonchev–Trinajstić information content (AvgIpc) is 2.17.